The minimum Gasteiger partial charge on any atom is -0.507 e. The zero-order valence-electron chi connectivity index (χ0n) is 17.3. The molecule has 0 saturated heterocycles. The molecule has 1 amide bonds. The number of nitrogens with zero attached hydrogens (tertiary/aromatic N) is 2. The van der Waals surface area contributed by atoms with E-state index in [4.69, 9.17) is 4.42 Å². The molecule has 8 nitrogen and oxygen atoms in total. The van der Waals surface area contributed by atoms with Crippen LogP contribution in [0.1, 0.15) is 49.7 Å². The molecular weight excluding hydrogens is 485 g/mol. The molecule has 1 heterocycles. The fourth-order valence-electron chi connectivity index (χ4n) is 2.34. The van der Waals surface area contributed by atoms with Gasteiger partial charge in [0.05, 0.1) is 11.8 Å². The van der Waals surface area contributed by atoms with Gasteiger partial charge in [-0.3, -0.25) is 4.79 Å². The third-order valence-corrected chi connectivity index (χ3v) is 3.86. The summed E-state index contributed by atoms with van der Waals surface area (Å²) in [6.07, 6.45) is 1.74. The van der Waals surface area contributed by atoms with E-state index in [0.717, 1.165) is 5.76 Å². The van der Waals surface area contributed by atoms with Crippen LogP contribution in [-0.4, -0.2) is 41.6 Å². The van der Waals surface area contributed by atoms with Gasteiger partial charge in [0.1, 0.15) is 18.1 Å². The maximum absolute atomic E-state index is 12.1. The van der Waals surface area contributed by atoms with Crippen molar-refractivity contribution in [1.82, 2.24) is 20.9 Å². The van der Waals surface area contributed by atoms with E-state index in [1.807, 2.05) is 6.92 Å². The molecule has 0 aliphatic rings. The Morgan fingerprint density at radius 3 is 2.48 bits per heavy atom. The van der Waals surface area contributed by atoms with Gasteiger partial charge < -0.3 is 25.5 Å². The van der Waals surface area contributed by atoms with Crippen molar-refractivity contribution in [1.29, 1.82) is 0 Å². The number of carbonyl (C=O) groups excluding carboxylic acids is 1. The van der Waals surface area contributed by atoms with Crippen LogP contribution in [0.5, 0.6) is 5.75 Å². The molecule has 0 aliphatic carbocycles. The van der Waals surface area contributed by atoms with E-state index in [0.29, 0.717) is 38.0 Å². The third-order valence-electron chi connectivity index (χ3n) is 3.86. The Bertz CT molecular complexity index is 814. The molecule has 0 saturated carbocycles. The van der Waals surface area contributed by atoms with Gasteiger partial charge in [0.25, 0.3) is 5.91 Å². The van der Waals surface area contributed by atoms with Gasteiger partial charge in [-0.25, -0.2) is 9.98 Å². The van der Waals surface area contributed by atoms with Gasteiger partial charge in [-0.1, -0.05) is 32.9 Å². The van der Waals surface area contributed by atoms with Crippen LogP contribution in [0.3, 0.4) is 0 Å². The minimum atomic E-state index is -0.323. The highest BCUT2D eigenvalue weighted by molar-refractivity contribution is 14.0. The average Bonchev–Trinajstić information content (AvgIpc) is 3.13. The topological polar surface area (TPSA) is 112 Å². The largest absolute Gasteiger partial charge is 0.507 e. The second kappa shape index (κ2) is 11.6. The highest BCUT2D eigenvalue weighted by Gasteiger charge is 2.19. The van der Waals surface area contributed by atoms with E-state index in [-0.39, 0.29) is 46.6 Å². The van der Waals surface area contributed by atoms with Crippen LogP contribution in [0.15, 0.2) is 39.9 Å². The van der Waals surface area contributed by atoms with E-state index in [2.05, 4.69) is 46.7 Å². The second-order valence-corrected chi connectivity index (χ2v) is 7.26. The zero-order chi connectivity index (χ0) is 20.6. The lowest BCUT2D eigenvalue weighted by Crippen LogP contribution is -2.41. The molecule has 29 heavy (non-hydrogen) atoms. The quantitative estimate of drug-likeness (QED) is 0.195. The van der Waals surface area contributed by atoms with Crippen LogP contribution < -0.4 is 16.0 Å². The summed E-state index contributed by atoms with van der Waals surface area (Å²) in [7, 11) is 0. The number of guanidine groups is 1. The third kappa shape index (κ3) is 7.92. The van der Waals surface area contributed by atoms with Crippen molar-refractivity contribution in [3.63, 3.8) is 0 Å². The molecule has 1 aromatic carbocycles. The van der Waals surface area contributed by atoms with Crippen molar-refractivity contribution in [3.05, 3.63) is 47.7 Å². The van der Waals surface area contributed by atoms with Gasteiger partial charge in [-0.15, -0.1) is 24.0 Å². The summed E-state index contributed by atoms with van der Waals surface area (Å²) in [6.45, 7) is 10.0. The molecule has 0 radical (unpaired) electrons. The first-order chi connectivity index (χ1) is 13.3. The van der Waals surface area contributed by atoms with E-state index in [9.17, 15) is 9.90 Å². The molecule has 0 spiro atoms. The number of hydrogen-bond acceptors (Lipinski definition) is 5. The molecule has 0 unspecified atom stereocenters. The molecule has 9 heteroatoms. The van der Waals surface area contributed by atoms with Crippen LogP contribution in [-0.2, 0) is 12.0 Å². The molecular formula is C20H30IN5O3. The number of aromatic hydroxyl groups is 1. The maximum Gasteiger partial charge on any atom is 0.255 e. The van der Waals surface area contributed by atoms with Gasteiger partial charge in [-0.2, -0.15) is 0 Å². The summed E-state index contributed by atoms with van der Waals surface area (Å²) in [6, 6.07) is 6.43. The van der Waals surface area contributed by atoms with Crippen LogP contribution in [0, 0.1) is 0 Å². The number of nitrogens with one attached hydrogen (secondary N) is 3. The number of oxazole rings is 1. The molecule has 4 N–H and O–H groups in total. The lowest BCUT2D eigenvalue weighted by atomic mass is 9.94. The Kier molecular flexibility index (Phi) is 9.93. The van der Waals surface area contributed by atoms with E-state index >= 15 is 0 Å². The van der Waals surface area contributed by atoms with Crippen molar-refractivity contribution < 1.29 is 14.3 Å². The number of para-hydroxylation sites is 1. The fourth-order valence-corrected chi connectivity index (χ4v) is 2.34. The Hall–Kier alpha value is -2.30. The number of halogens is 1. The Labute approximate surface area is 188 Å². The van der Waals surface area contributed by atoms with E-state index < -0.39 is 0 Å². The van der Waals surface area contributed by atoms with Crippen LogP contribution in [0.2, 0.25) is 0 Å². The molecule has 0 bridgehead atoms. The number of amides is 1. The summed E-state index contributed by atoms with van der Waals surface area (Å²) >= 11 is 0. The number of aliphatic imine (C=N–C) groups is 1. The summed E-state index contributed by atoms with van der Waals surface area (Å²) in [5.41, 5.74) is 0.157. The summed E-state index contributed by atoms with van der Waals surface area (Å²) in [5.74, 6) is 1.62. The number of carbonyl (C=O) groups is 1. The maximum atomic E-state index is 12.1. The monoisotopic (exact) mass is 515 g/mol. The lowest BCUT2D eigenvalue weighted by molar-refractivity contribution is 0.0951. The predicted octanol–water partition coefficient (Wildman–Crippen LogP) is 2.78. The summed E-state index contributed by atoms with van der Waals surface area (Å²) < 4.78 is 5.74. The van der Waals surface area contributed by atoms with Gasteiger partial charge in [0, 0.05) is 25.0 Å². The van der Waals surface area contributed by atoms with E-state index in [1.165, 1.54) is 6.07 Å². The van der Waals surface area contributed by atoms with Crippen molar-refractivity contribution in [2.24, 2.45) is 4.99 Å². The number of aromatic nitrogens is 1. The highest BCUT2D eigenvalue weighted by Crippen LogP contribution is 2.22. The van der Waals surface area contributed by atoms with Gasteiger partial charge in [0.2, 0.25) is 5.89 Å². The van der Waals surface area contributed by atoms with Crippen LogP contribution >= 0.6 is 24.0 Å². The normalized spacial score (nSPS) is 11.5. The molecule has 0 fully saturated rings. The smallest absolute Gasteiger partial charge is 0.255 e. The highest BCUT2D eigenvalue weighted by atomic mass is 127. The molecule has 0 atom stereocenters. The summed E-state index contributed by atoms with van der Waals surface area (Å²) in [4.78, 5) is 20.8. The van der Waals surface area contributed by atoms with Crippen molar-refractivity contribution >= 4 is 35.8 Å². The molecule has 1 aromatic heterocycles. The van der Waals surface area contributed by atoms with Crippen LogP contribution in [0.4, 0.5) is 0 Å². The average molecular weight is 515 g/mol. The van der Waals surface area contributed by atoms with Gasteiger partial charge >= 0.3 is 0 Å². The second-order valence-electron chi connectivity index (χ2n) is 7.26. The predicted molar refractivity (Wildman–Crippen MR) is 124 cm³/mol. The first-order valence-corrected chi connectivity index (χ1v) is 9.34. The van der Waals surface area contributed by atoms with Crippen molar-refractivity contribution in [3.8, 4) is 5.75 Å². The summed E-state index contributed by atoms with van der Waals surface area (Å²) in [5, 5.41) is 18.7. The number of rotatable bonds is 7. The molecule has 2 aromatic rings. The zero-order valence-corrected chi connectivity index (χ0v) is 19.6. The van der Waals surface area contributed by atoms with E-state index in [1.54, 1.807) is 24.4 Å². The standard InChI is InChI=1S/C20H29N5O3.HI/c1-5-21-19(25-13-17-24-12-16(28-17)20(2,3)4)23-11-10-22-18(27)14-8-6-7-9-15(14)26;/h6-9,12,26H,5,10-11,13H2,1-4H3,(H,22,27)(H2,21,23,25);1H. The first kappa shape index (κ1) is 24.7. The molecule has 2 rings (SSSR count). The Morgan fingerprint density at radius 2 is 1.86 bits per heavy atom. The first-order valence-electron chi connectivity index (χ1n) is 9.34. The lowest BCUT2D eigenvalue weighted by Gasteiger charge is -2.13. The fraction of sp³-hybridized carbons (Fsp3) is 0.450. The Balaban J connectivity index is 0.00000420. The number of phenolic OH excluding ortho intramolecular Hbond substituents is 1. The van der Waals surface area contributed by atoms with Gasteiger partial charge in [0.15, 0.2) is 5.96 Å². The Morgan fingerprint density at radius 1 is 1.17 bits per heavy atom. The molecule has 0 aliphatic heterocycles. The number of benzene rings is 1. The van der Waals surface area contributed by atoms with Gasteiger partial charge in [-0.05, 0) is 19.1 Å². The molecule has 160 valence electrons. The van der Waals surface area contributed by atoms with Crippen molar-refractivity contribution in [2.45, 2.75) is 39.7 Å². The minimum absolute atomic E-state index is 0. The van der Waals surface area contributed by atoms with Crippen molar-refractivity contribution in [2.75, 3.05) is 19.6 Å². The number of hydrogen-bond donors (Lipinski definition) is 4. The number of phenols is 1. The SMILES string of the molecule is CCNC(=NCc1ncc(C(C)(C)C)o1)NCCNC(=O)c1ccccc1O.I. The van der Waals surface area contributed by atoms with Crippen LogP contribution in [0.25, 0.3) is 0 Å².